The van der Waals surface area contributed by atoms with Gasteiger partial charge < -0.3 is 20.1 Å². The van der Waals surface area contributed by atoms with E-state index in [0.717, 1.165) is 0 Å². The third-order valence-corrected chi connectivity index (χ3v) is 2.94. The van der Waals surface area contributed by atoms with Gasteiger partial charge in [0.25, 0.3) is 0 Å². The van der Waals surface area contributed by atoms with Crippen LogP contribution in [0.3, 0.4) is 0 Å². The van der Waals surface area contributed by atoms with Gasteiger partial charge in [-0.05, 0) is 30.5 Å². The molecule has 1 aromatic rings. The van der Waals surface area contributed by atoms with Crippen molar-refractivity contribution in [3.05, 3.63) is 46.7 Å². The summed E-state index contributed by atoms with van der Waals surface area (Å²) in [7, 11) is 0. The van der Waals surface area contributed by atoms with Crippen LogP contribution in [0.1, 0.15) is 38.8 Å². The second kappa shape index (κ2) is 8.06. The quantitative estimate of drug-likeness (QED) is 0.498. The molecule has 21 heavy (non-hydrogen) atoms. The monoisotopic (exact) mass is 294 g/mol. The molecular formula is C15H18O6. The van der Waals surface area contributed by atoms with Crippen molar-refractivity contribution in [3.8, 4) is 0 Å². The number of benzene rings is 1. The smallest absolute Gasteiger partial charge is 0.336 e. The first-order valence-corrected chi connectivity index (χ1v) is 6.47. The molecule has 0 aliphatic rings. The van der Waals surface area contributed by atoms with E-state index in [1.54, 1.807) is 19.1 Å². The molecule has 0 atom stereocenters. The lowest BCUT2D eigenvalue weighted by Gasteiger charge is -2.14. The highest BCUT2D eigenvalue weighted by molar-refractivity contribution is 6.03. The molecule has 1 rings (SSSR count). The first-order valence-electron chi connectivity index (χ1n) is 6.47. The van der Waals surface area contributed by atoms with E-state index in [1.807, 2.05) is 0 Å². The molecule has 0 aliphatic carbocycles. The van der Waals surface area contributed by atoms with Crippen molar-refractivity contribution >= 4 is 11.9 Å². The second-order valence-corrected chi connectivity index (χ2v) is 4.30. The van der Waals surface area contributed by atoms with Gasteiger partial charge in [-0.3, -0.25) is 0 Å². The van der Waals surface area contributed by atoms with E-state index in [-0.39, 0.29) is 24.2 Å². The number of aliphatic hydroxyl groups is 1. The molecule has 0 fully saturated rings. The molecule has 0 amide bonds. The van der Waals surface area contributed by atoms with Gasteiger partial charge in [0.1, 0.15) is 0 Å². The Morgan fingerprint density at radius 1 is 1.19 bits per heavy atom. The second-order valence-electron chi connectivity index (χ2n) is 4.30. The number of aliphatic hydroxyl groups excluding tert-OH is 1. The molecule has 0 heterocycles. The molecule has 0 unspecified atom stereocenters. The van der Waals surface area contributed by atoms with Crippen LogP contribution in [0, 0.1) is 0 Å². The summed E-state index contributed by atoms with van der Waals surface area (Å²) in [6.45, 7) is 1.89. The highest BCUT2D eigenvalue weighted by Gasteiger charge is 2.22. The first kappa shape index (κ1) is 16.7. The summed E-state index contributed by atoms with van der Waals surface area (Å²) in [5.74, 6) is -2.62. The summed E-state index contributed by atoms with van der Waals surface area (Å²) < 4.78 is 5.19. The molecule has 0 aromatic heterocycles. The molecule has 0 aliphatic heterocycles. The molecule has 0 saturated heterocycles. The third kappa shape index (κ3) is 4.32. The molecule has 3 N–H and O–H groups in total. The van der Waals surface area contributed by atoms with Crippen LogP contribution >= 0.6 is 0 Å². The number of carbonyl (C=O) groups is 2. The zero-order valence-corrected chi connectivity index (χ0v) is 11.7. The molecular weight excluding hydrogens is 276 g/mol. The Bertz CT molecular complexity index is 547. The maximum Gasteiger partial charge on any atom is 0.336 e. The van der Waals surface area contributed by atoms with Gasteiger partial charge >= 0.3 is 11.9 Å². The van der Waals surface area contributed by atoms with Crippen LogP contribution in [0.4, 0.5) is 0 Å². The number of allylic oxidation sites excluding steroid dienone is 1. The van der Waals surface area contributed by atoms with Crippen molar-refractivity contribution in [2.45, 2.75) is 19.8 Å². The number of carboxylic acids is 2. The van der Waals surface area contributed by atoms with E-state index in [4.69, 9.17) is 14.9 Å². The van der Waals surface area contributed by atoms with Crippen LogP contribution in [0.25, 0.3) is 0 Å². The van der Waals surface area contributed by atoms with Gasteiger partial charge in [0.2, 0.25) is 0 Å². The van der Waals surface area contributed by atoms with Crippen LogP contribution in [-0.4, -0.2) is 40.5 Å². The van der Waals surface area contributed by atoms with E-state index in [9.17, 15) is 14.7 Å². The lowest BCUT2D eigenvalue weighted by atomic mass is 9.92. The summed E-state index contributed by atoms with van der Waals surface area (Å²) >= 11 is 0. The van der Waals surface area contributed by atoms with E-state index in [1.165, 1.54) is 12.3 Å². The minimum absolute atomic E-state index is 0.0850. The Labute approximate surface area is 122 Å². The number of hydrogen-bond acceptors (Lipinski definition) is 4. The molecule has 114 valence electrons. The number of hydrogen-bond donors (Lipinski definition) is 3. The molecule has 0 bridgehead atoms. The first-order chi connectivity index (χ1) is 10.0. The van der Waals surface area contributed by atoms with Crippen molar-refractivity contribution in [3.63, 3.8) is 0 Å². The normalized spacial score (nSPS) is 10.8. The van der Waals surface area contributed by atoms with E-state index in [2.05, 4.69) is 0 Å². The van der Waals surface area contributed by atoms with Gasteiger partial charge in [-0.2, -0.15) is 0 Å². The number of ether oxygens (including phenoxy) is 1. The van der Waals surface area contributed by atoms with Gasteiger partial charge in [-0.25, -0.2) is 9.59 Å². The molecule has 0 saturated carbocycles. The zero-order valence-electron chi connectivity index (χ0n) is 11.7. The van der Waals surface area contributed by atoms with Crippen LogP contribution in [0.5, 0.6) is 0 Å². The van der Waals surface area contributed by atoms with Crippen molar-refractivity contribution in [2.75, 3.05) is 13.2 Å². The summed E-state index contributed by atoms with van der Waals surface area (Å²) in [4.78, 5) is 22.5. The van der Waals surface area contributed by atoms with Crippen molar-refractivity contribution in [1.29, 1.82) is 0 Å². The number of aromatic carboxylic acids is 2. The van der Waals surface area contributed by atoms with E-state index >= 15 is 0 Å². The molecule has 0 radical (unpaired) electrons. The number of carboxylic acid groups (broad SMARTS) is 2. The molecule has 1 aromatic carbocycles. The Balaban J connectivity index is 3.21. The maximum absolute atomic E-state index is 11.4. The van der Waals surface area contributed by atoms with Crippen molar-refractivity contribution in [1.82, 2.24) is 0 Å². The van der Waals surface area contributed by atoms with Crippen molar-refractivity contribution in [2.24, 2.45) is 0 Å². The van der Waals surface area contributed by atoms with E-state index < -0.39 is 11.9 Å². The summed E-state index contributed by atoms with van der Waals surface area (Å²) in [6, 6.07) is 2.84. The molecule has 0 spiro atoms. The Hall–Kier alpha value is -2.34. The van der Waals surface area contributed by atoms with Gasteiger partial charge in [-0.1, -0.05) is 12.1 Å². The van der Waals surface area contributed by atoms with Gasteiger partial charge in [0.15, 0.2) is 0 Å². The summed E-state index contributed by atoms with van der Waals surface area (Å²) in [5, 5.41) is 27.5. The largest absolute Gasteiger partial charge is 0.501 e. The van der Waals surface area contributed by atoms with Crippen LogP contribution < -0.4 is 0 Å². The van der Waals surface area contributed by atoms with Gasteiger partial charge in [-0.15, -0.1) is 0 Å². The van der Waals surface area contributed by atoms with Crippen LogP contribution in [-0.2, 0) is 17.6 Å². The topological polar surface area (TPSA) is 104 Å². The minimum Gasteiger partial charge on any atom is -0.501 e. The fourth-order valence-corrected chi connectivity index (χ4v) is 2.08. The zero-order chi connectivity index (χ0) is 15.8. The average Bonchev–Trinajstić information content (AvgIpc) is 2.44. The lowest BCUT2D eigenvalue weighted by molar-refractivity contribution is 0.0650. The predicted octanol–water partition coefficient (Wildman–Crippen LogP) is 1.71. The van der Waals surface area contributed by atoms with Crippen LogP contribution in [0.2, 0.25) is 0 Å². The highest BCUT2D eigenvalue weighted by Crippen LogP contribution is 2.21. The summed E-state index contributed by atoms with van der Waals surface area (Å²) in [5.41, 5.74) is 0.467. The van der Waals surface area contributed by atoms with Gasteiger partial charge in [0, 0.05) is 13.0 Å². The predicted molar refractivity (Wildman–Crippen MR) is 75.6 cm³/mol. The third-order valence-electron chi connectivity index (χ3n) is 2.94. The van der Waals surface area contributed by atoms with E-state index in [0.29, 0.717) is 24.2 Å². The molecule has 6 heteroatoms. The molecule has 6 nitrogen and oxygen atoms in total. The fourth-order valence-electron chi connectivity index (χ4n) is 2.08. The minimum atomic E-state index is -1.31. The van der Waals surface area contributed by atoms with Crippen molar-refractivity contribution < 1.29 is 29.6 Å². The Morgan fingerprint density at radius 2 is 1.90 bits per heavy atom. The highest BCUT2D eigenvalue weighted by atomic mass is 16.5. The average molecular weight is 294 g/mol. The SMILES string of the molecule is CC=COCCc1ccc(C(=O)O)c(C(=O)O)c1CCO. The Morgan fingerprint density at radius 3 is 2.43 bits per heavy atom. The Kier molecular flexibility index (Phi) is 6.42. The standard InChI is InChI=1S/C15H18O6/c1-2-8-21-9-6-10-3-4-12(14(17)18)13(15(19)20)11(10)5-7-16/h2-4,8,16H,5-7,9H2,1H3,(H,17,18)(H,19,20). The fraction of sp³-hybridized carbons (Fsp3) is 0.333. The summed E-state index contributed by atoms with van der Waals surface area (Å²) in [6.07, 6.45) is 3.77. The lowest BCUT2D eigenvalue weighted by Crippen LogP contribution is -2.15. The maximum atomic E-state index is 11.4. The van der Waals surface area contributed by atoms with Gasteiger partial charge in [0.05, 0.1) is 24.0 Å². The number of rotatable bonds is 8. The van der Waals surface area contributed by atoms with Crippen LogP contribution in [0.15, 0.2) is 24.5 Å².